The van der Waals surface area contributed by atoms with E-state index in [4.69, 9.17) is 0 Å². The van der Waals surface area contributed by atoms with Gasteiger partial charge in [0.2, 0.25) is 5.78 Å². The summed E-state index contributed by atoms with van der Waals surface area (Å²) in [7, 11) is -3.81. The summed E-state index contributed by atoms with van der Waals surface area (Å²) in [4.78, 5) is 14.4. The minimum Gasteiger partial charge on any atom is -0.369 e. The summed E-state index contributed by atoms with van der Waals surface area (Å²) in [6.45, 7) is 8.79. The molecule has 128 valence electrons. The molecule has 0 unspecified atom stereocenters. The average molecular weight is 346 g/mol. The number of allylic oxidation sites excluding steroid dienone is 3. The zero-order valence-corrected chi connectivity index (χ0v) is 15.2. The van der Waals surface area contributed by atoms with Crippen LogP contribution in [0, 0.1) is 6.92 Å². The molecule has 0 aliphatic heterocycles. The standard InChI is InChI=1S/C18H22N2O3S/c1-5-20(6-2)17-12-15(11-14(4)18(17)21)19-24(22,23)16-9-7-13(3)8-10-16/h7-12H,5-6H2,1-4H3/b19-15+. The highest BCUT2D eigenvalue weighted by molar-refractivity contribution is 7.90. The van der Waals surface area contributed by atoms with Crippen molar-refractivity contribution >= 4 is 21.5 Å². The first-order valence-electron chi connectivity index (χ1n) is 7.89. The highest BCUT2D eigenvalue weighted by Gasteiger charge is 2.23. The zero-order chi connectivity index (χ0) is 17.9. The molecule has 0 N–H and O–H groups in total. The number of likely N-dealkylation sites (N-methyl/N-ethyl adjacent to an activating group) is 1. The van der Waals surface area contributed by atoms with Gasteiger partial charge in [-0.1, -0.05) is 17.7 Å². The van der Waals surface area contributed by atoms with Crippen molar-refractivity contribution in [1.29, 1.82) is 0 Å². The highest BCUT2D eigenvalue weighted by Crippen LogP contribution is 2.19. The van der Waals surface area contributed by atoms with Crippen molar-refractivity contribution in [2.24, 2.45) is 4.40 Å². The first-order chi connectivity index (χ1) is 11.3. The number of sulfonamides is 1. The van der Waals surface area contributed by atoms with Gasteiger partial charge in [-0.2, -0.15) is 12.8 Å². The summed E-state index contributed by atoms with van der Waals surface area (Å²) < 4.78 is 28.9. The van der Waals surface area contributed by atoms with Crippen LogP contribution in [0.3, 0.4) is 0 Å². The average Bonchev–Trinajstić information content (AvgIpc) is 2.53. The first kappa shape index (κ1) is 18.1. The maximum Gasteiger partial charge on any atom is 0.282 e. The fourth-order valence-electron chi connectivity index (χ4n) is 2.49. The zero-order valence-electron chi connectivity index (χ0n) is 14.4. The number of nitrogens with zero attached hydrogens (tertiary/aromatic N) is 2. The molecule has 0 aromatic heterocycles. The largest absolute Gasteiger partial charge is 0.369 e. The highest BCUT2D eigenvalue weighted by atomic mass is 32.2. The third kappa shape index (κ3) is 3.82. The number of Topliss-reactive ketones (excluding diaryl/α,β-unsaturated/α-hetero) is 1. The summed E-state index contributed by atoms with van der Waals surface area (Å²) in [6, 6.07) is 6.54. The number of ketones is 1. The Bertz CT molecular complexity index is 828. The van der Waals surface area contributed by atoms with Gasteiger partial charge in [-0.25, -0.2) is 0 Å². The molecule has 0 saturated carbocycles. The van der Waals surface area contributed by atoms with E-state index < -0.39 is 10.0 Å². The van der Waals surface area contributed by atoms with Gasteiger partial charge in [0.15, 0.2) is 0 Å². The SMILES string of the molecule is CCN(CC)C1=C/C(=N/S(=O)(=O)c2ccc(C)cc2)C=C(C)C1=O. The maximum atomic E-state index is 12.5. The molecule has 0 atom stereocenters. The summed E-state index contributed by atoms with van der Waals surface area (Å²) in [6.07, 6.45) is 3.06. The first-order valence-corrected chi connectivity index (χ1v) is 9.33. The Kier molecular flexibility index (Phi) is 5.39. The van der Waals surface area contributed by atoms with Crippen molar-refractivity contribution in [1.82, 2.24) is 4.90 Å². The molecule has 1 aliphatic rings. The van der Waals surface area contributed by atoms with Crippen LogP contribution in [0.4, 0.5) is 0 Å². The molecule has 2 rings (SSSR count). The van der Waals surface area contributed by atoms with E-state index in [2.05, 4.69) is 4.40 Å². The van der Waals surface area contributed by atoms with Gasteiger partial charge in [-0.3, -0.25) is 4.79 Å². The quantitative estimate of drug-likeness (QED) is 0.769. The van der Waals surface area contributed by atoms with E-state index in [0.29, 0.717) is 24.4 Å². The van der Waals surface area contributed by atoms with Gasteiger partial charge >= 0.3 is 0 Å². The molecule has 0 radical (unpaired) electrons. The van der Waals surface area contributed by atoms with Crippen molar-refractivity contribution < 1.29 is 13.2 Å². The van der Waals surface area contributed by atoms with Gasteiger partial charge in [0.25, 0.3) is 10.0 Å². The number of hydrogen-bond acceptors (Lipinski definition) is 4. The molecule has 0 fully saturated rings. The Balaban J connectivity index is 2.47. The van der Waals surface area contributed by atoms with Gasteiger partial charge in [0, 0.05) is 18.7 Å². The fourth-order valence-corrected chi connectivity index (χ4v) is 3.46. The second-order valence-corrected chi connectivity index (χ2v) is 7.27. The van der Waals surface area contributed by atoms with Gasteiger partial charge in [-0.15, -0.1) is 0 Å². The minimum absolute atomic E-state index is 0.0922. The number of carbonyl (C=O) groups is 1. The maximum absolute atomic E-state index is 12.5. The summed E-state index contributed by atoms with van der Waals surface area (Å²) >= 11 is 0. The van der Waals surface area contributed by atoms with Gasteiger partial charge in [0.05, 0.1) is 16.3 Å². The van der Waals surface area contributed by atoms with Crippen molar-refractivity contribution in [3.8, 4) is 0 Å². The molecular weight excluding hydrogens is 324 g/mol. The van der Waals surface area contributed by atoms with E-state index in [-0.39, 0.29) is 16.4 Å². The topological polar surface area (TPSA) is 66.8 Å². The predicted molar refractivity (Wildman–Crippen MR) is 95.6 cm³/mol. The van der Waals surface area contributed by atoms with E-state index in [1.54, 1.807) is 25.1 Å². The summed E-state index contributed by atoms with van der Waals surface area (Å²) in [5, 5.41) is 0. The van der Waals surface area contributed by atoms with E-state index in [9.17, 15) is 13.2 Å². The smallest absolute Gasteiger partial charge is 0.282 e. The molecule has 0 amide bonds. The number of hydrogen-bond donors (Lipinski definition) is 0. The van der Waals surface area contributed by atoms with Crippen molar-refractivity contribution in [3.05, 3.63) is 53.3 Å². The molecule has 1 aliphatic carbocycles. The molecule has 1 aromatic rings. The number of aryl methyl sites for hydroxylation is 1. The fraction of sp³-hybridized carbons (Fsp3) is 0.333. The van der Waals surface area contributed by atoms with Crippen LogP contribution in [0.15, 0.2) is 57.0 Å². The van der Waals surface area contributed by atoms with E-state index in [0.717, 1.165) is 5.56 Å². The molecule has 0 bridgehead atoms. The van der Waals surface area contributed by atoms with E-state index in [1.165, 1.54) is 18.2 Å². The minimum atomic E-state index is -3.81. The van der Waals surface area contributed by atoms with Crippen molar-refractivity contribution in [2.45, 2.75) is 32.6 Å². The lowest BCUT2D eigenvalue weighted by atomic mass is 10.0. The van der Waals surface area contributed by atoms with E-state index >= 15 is 0 Å². The number of rotatable bonds is 5. The van der Waals surface area contributed by atoms with Crippen LogP contribution < -0.4 is 0 Å². The molecule has 0 saturated heterocycles. The van der Waals surface area contributed by atoms with Crippen LogP contribution in [-0.4, -0.2) is 37.9 Å². The number of carbonyl (C=O) groups excluding carboxylic acids is 1. The van der Waals surface area contributed by atoms with Crippen LogP contribution in [0.25, 0.3) is 0 Å². The van der Waals surface area contributed by atoms with Gasteiger partial charge in [-0.05, 0) is 52.0 Å². The summed E-state index contributed by atoms with van der Waals surface area (Å²) in [5.74, 6) is -0.0922. The normalized spacial score (nSPS) is 16.8. The lowest BCUT2D eigenvalue weighted by Crippen LogP contribution is -2.30. The van der Waals surface area contributed by atoms with Crippen LogP contribution in [0.5, 0.6) is 0 Å². The Morgan fingerprint density at radius 3 is 2.12 bits per heavy atom. The Morgan fingerprint density at radius 2 is 1.58 bits per heavy atom. The third-order valence-corrected chi connectivity index (χ3v) is 5.21. The van der Waals surface area contributed by atoms with Crippen LogP contribution in [0.1, 0.15) is 26.3 Å². The Morgan fingerprint density at radius 1 is 1.00 bits per heavy atom. The number of benzene rings is 1. The molecule has 0 heterocycles. The molecule has 1 aromatic carbocycles. The predicted octanol–water partition coefficient (Wildman–Crippen LogP) is 2.88. The Hall–Kier alpha value is -2.21. The second kappa shape index (κ2) is 7.13. The molecule has 6 heteroatoms. The van der Waals surface area contributed by atoms with Crippen LogP contribution in [0.2, 0.25) is 0 Å². The lowest BCUT2D eigenvalue weighted by Gasteiger charge is -2.25. The van der Waals surface area contributed by atoms with Gasteiger partial charge < -0.3 is 4.90 Å². The van der Waals surface area contributed by atoms with Crippen LogP contribution in [-0.2, 0) is 14.8 Å². The third-order valence-electron chi connectivity index (χ3n) is 3.89. The second-order valence-electron chi connectivity index (χ2n) is 5.66. The Labute approximate surface area is 143 Å². The van der Waals surface area contributed by atoms with Gasteiger partial charge in [0.1, 0.15) is 0 Å². The van der Waals surface area contributed by atoms with E-state index in [1.807, 2.05) is 25.7 Å². The molecule has 5 nitrogen and oxygen atoms in total. The van der Waals surface area contributed by atoms with Crippen LogP contribution >= 0.6 is 0 Å². The molecule has 24 heavy (non-hydrogen) atoms. The van der Waals surface area contributed by atoms with Crippen molar-refractivity contribution in [3.63, 3.8) is 0 Å². The lowest BCUT2D eigenvalue weighted by molar-refractivity contribution is -0.113. The molecule has 0 spiro atoms. The van der Waals surface area contributed by atoms with Crippen molar-refractivity contribution in [2.75, 3.05) is 13.1 Å². The monoisotopic (exact) mass is 346 g/mol. The molecular formula is C18H22N2O3S. The summed E-state index contributed by atoms with van der Waals surface area (Å²) in [5.41, 5.74) is 2.22.